The van der Waals surface area contributed by atoms with Crippen LogP contribution < -0.4 is 11.1 Å². The first-order valence-corrected chi connectivity index (χ1v) is 10.6. The van der Waals surface area contributed by atoms with E-state index in [4.69, 9.17) is 10.7 Å². The van der Waals surface area contributed by atoms with E-state index in [0.717, 1.165) is 44.3 Å². The van der Waals surface area contributed by atoms with Gasteiger partial charge in [-0.15, -0.1) is 0 Å². The smallest absolute Gasteiger partial charge is 0.250 e. The predicted octanol–water partition coefficient (Wildman–Crippen LogP) is 5.77. The third-order valence-corrected chi connectivity index (χ3v) is 5.77. The molecule has 0 aliphatic heterocycles. The first-order chi connectivity index (χ1) is 16.2. The maximum atomic E-state index is 11.8. The van der Waals surface area contributed by atoms with Crippen LogP contribution in [-0.4, -0.2) is 20.9 Å². The van der Waals surface area contributed by atoms with Gasteiger partial charge in [0.2, 0.25) is 0 Å². The van der Waals surface area contributed by atoms with Crippen LogP contribution >= 0.6 is 0 Å². The van der Waals surface area contributed by atoms with Crippen molar-refractivity contribution in [2.75, 3.05) is 5.32 Å². The number of anilines is 2. The van der Waals surface area contributed by atoms with Crippen LogP contribution in [-0.2, 0) is 0 Å². The number of hydrogen-bond donors (Lipinski definition) is 3. The first kappa shape index (κ1) is 19.0. The van der Waals surface area contributed by atoms with Gasteiger partial charge in [0.05, 0.1) is 27.8 Å². The fourth-order valence-corrected chi connectivity index (χ4v) is 4.23. The van der Waals surface area contributed by atoms with Crippen LogP contribution in [0.1, 0.15) is 10.4 Å². The number of carbonyl (C=O) groups excluding carboxylic acids is 1. The van der Waals surface area contributed by atoms with Gasteiger partial charge in [0.25, 0.3) is 5.91 Å². The topological polar surface area (TPSA) is 96.7 Å². The third kappa shape index (κ3) is 3.25. The molecule has 0 aliphatic carbocycles. The number of amides is 1. The van der Waals surface area contributed by atoms with E-state index in [2.05, 4.69) is 27.4 Å². The number of fused-ring (bicyclic) bond motifs is 3. The molecule has 1 amide bonds. The molecule has 2 aromatic heterocycles. The fourth-order valence-electron chi connectivity index (χ4n) is 4.23. The van der Waals surface area contributed by atoms with Crippen LogP contribution in [0.3, 0.4) is 0 Å². The lowest BCUT2D eigenvalue weighted by Crippen LogP contribution is -2.11. The third-order valence-electron chi connectivity index (χ3n) is 5.77. The largest absolute Gasteiger partial charge is 0.366 e. The minimum absolute atomic E-state index is 0.402. The number of nitrogens with two attached hydrogens (primary N) is 1. The number of primary amides is 1. The Labute approximate surface area is 189 Å². The first-order valence-electron chi connectivity index (χ1n) is 10.6. The number of hydrogen-bond acceptors (Lipinski definition) is 4. The van der Waals surface area contributed by atoms with Crippen molar-refractivity contribution in [1.82, 2.24) is 15.0 Å². The van der Waals surface area contributed by atoms with Gasteiger partial charge in [0.15, 0.2) is 0 Å². The SMILES string of the molecule is NC(=O)c1cccc2[nH]c(-c3cccc(Nc4c5ccccc5nc5ccccc45)c3)nc12. The second-order valence-corrected chi connectivity index (χ2v) is 7.88. The van der Waals surface area contributed by atoms with Crippen LogP contribution in [0, 0.1) is 0 Å². The van der Waals surface area contributed by atoms with Gasteiger partial charge in [-0.25, -0.2) is 9.97 Å². The molecule has 4 N–H and O–H groups in total. The number of aromatic nitrogens is 3. The van der Waals surface area contributed by atoms with Crippen molar-refractivity contribution < 1.29 is 4.79 Å². The van der Waals surface area contributed by atoms with Crippen LogP contribution in [0.5, 0.6) is 0 Å². The Morgan fingerprint density at radius 2 is 1.48 bits per heavy atom. The summed E-state index contributed by atoms with van der Waals surface area (Å²) in [6, 6.07) is 29.6. The van der Waals surface area contributed by atoms with Crippen LogP contribution in [0.4, 0.5) is 11.4 Å². The highest BCUT2D eigenvalue weighted by Gasteiger charge is 2.13. The molecule has 0 spiro atoms. The second-order valence-electron chi connectivity index (χ2n) is 7.88. The molecule has 0 bridgehead atoms. The van der Waals surface area contributed by atoms with E-state index in [9.17, 15) is 4.79 Å². The Morgan fingerprint density at radius 3 is 2.21 bits per heavy atom. The zero-order chi connectivity index (χ0) is 22.4. The van der Waals surface area contributed by atoms with Crippen molar-refractivity contribution in [3.63, 3.8) is 0 Å². The highest BCUT2D eigenvalue weighted by molar-refractivity contribution is 6.09. The molecule has 6 rings (SSSR count). The Hall–Kier alpha value is -4.71. The summed E-state index contributed by atoms with van der Waals surface area (Å²) in [5, 5.41) is 5.71. The number of aromatic amines is 1. The van der Waals surface area contributed by atoms with Gasteiger partial charge in [-0.1, -0.05) is 54.6 Å². The van der Waals surface area contributed by atoms with Crippen molar-refractivity contribution in [3.05, 3.63) is 96.6 Å². The average Bonchev–Trinajstić information content (AvgIpc) is 3.28. The molecule has 0 saturated heterocycles. The average molecular weight is 429 g/mol. The summed E-state index contributed by atoms with van der Waals surface area (Å²) in [5.41, 5.74) is 12.0. The summed E-state index contributed by atoms with van der Waals surface area (Å²) in [7, 11) is 0. The Bertz CT molecular complexity index is 1630. The van der Waals surface area contributed by atoms with Crippen LogP contribution in [0.2, 0.25) is 0 Å². The van der Waals surface area contributed by atoms with E-state index >= 15 is 0 Å². The van der Waals surface area contributed by atoms with Crippen molar-refractivity contribution in [3.8, 4) is 11.4 Å². The van der Waals surface area contributed by atoms with E-state index in [0.29, 0.717) is 16.9 Å². The maximum Gasteiger partial charge on any atom is 0.250 e. The highest BCUT2D eigenvalue weighted by Crippen LogP contribution is 2.34. The predicted molar refractivity (Wildman–Crippen MR) is 133 cm³/mol. The molecule has 2 heterocycles. The molecule has 33 heavy (non-hydrogen) atoms. The molecule has 0 unspecified atom stereocenters. The second kappa shape index (κ2) is 7.46. The lowest BCUT2D eigenvalue weighted by molar-refractivity contribution is 0.100. The number of H-pyrrole nitrogens is 1. The van der Waals surface area contributed by atoms with Crippen molar-refractivity contribution in [1.29, 1.82) is 0 Å². The van der Waals surface area contributed by atoms with Gasteiger partial charge in [-0.2, -0.15) is 0 Å². The normalized spacial score (nSPS) is 11.3. The summed E-state index contributed by atoms with van der Waals surface area (Å²) < 4.78 is 0. The van der Waals surface area contributed by atoms with E-state index in [1.807, 2.05) is 66.7 Å². The molecule has 0 atom stereocenters. The number of nitrogens with one attached hydrogen (secondary N) is 2. The number of imidazole rings is 1. The molecule has 158 valence electrons. The van der Waals surface area contributed by atoms with E-state index < -0.39 is 5.91 Å². The Balaban J connectivity index is 1.46. The van der Waals surface area contributed by atoms with E-state index in [-0.39, 0.29) is 0 Å². The Morgan fingerprint density at radius 1 is 0.788 bits per heavy atom. The van der Waals surface area contributed by atoms with Gasteiger partial charge in [0.1, 0.15) is 11.3 Å². The standard InChI is InChI=1S/C27H19N5O/c28-26(33)20-11-6-14-23-25(20)32-27(31-23)16-7-5-8-17(15-16)29-24-18-9-1-3-12-21(18)30-22-13-4-2-10-19(22)24/h1-15H,(H2,28,33)(H,29,30)(H,31,32). The van der Waals surface area contributed by atoms with Gasteiger partial charge >= 0.3 is 0 Å². The van der Waals surface area contributed by atoms with E-state index in [1.54, 1.807) is 12.1 Å². The summed E-state index contributed by atoms with van der Waals surface area (Å²) in [4.78, 5) is 24.5. The molecule has 0 saturated carbocycles. The van der Waals surface area contributed by atoms with Gasteiger partial charge in [-0.05, 0) is 36.4 Å². The lowest BCUT2D eigenvalue weighted by Gasteiger charge is -2.14. The molecule has 0 fully saturated rings. The van der Waals surface area contributed by atoms with Crippen LogP contribution in [0.25, 0.3) is 44.2 Å². The molecule has 6 aromatic rings. The number of para-hydroxylation sites is 3. The summed E-state index contributed by atoms with van der Waals surface area (Å²) in [6.07, 6.45) is 0. The zero-order valence-corrected chi connectivity index (χ0v) is 17.5. The lowest BCUT2D eigenvalue weighted by atomic mass is 10.1. The molecule has 0 aliphatic rings. The maximum absolute atomic E-state index is 11.8. The fraction of sp³-hybridized carbons (Fsp3) is 0. The molecular weight excluding hydrogens is 410 g/mol. The van der Waals surface area contributed by atoms with Gasteiger partial charge < -0.3 is 16.0 Å². The zero-order valence-electron chi connectivity index (χ0n) is 17.5. The number of pyridine rings is 1. The van der Waals surface area contributed by atoms with Gasteiger partial charge in [0, 0.05) is 22.0 Å². The summed E-state index contributed by atoms with van der Waals surface area (Å²) in [6.45, 7) is 0. The number of carbonyl (C=O) groups is 1. The van der Waals surface area contributed by atoms with E-state index in [1.165, 1.54) is 0 Å². The summed E-state index contributed by atoms with van der Waals surface area (Å²) in [5.74, 6) is 0.178. The quantitative estimate of drug-likeness (QED) is 0.310. The molecule has 6 nitrogen and oxygen atoms in total. The minimum atomic E-state index is -0.495. The van der Waals surface area contributed by atoms with Crippen molar-refractivity contribution in [2.45, 2.75) is 0 Å². The van der Waals surface area contributed by atoms with Crippen molar-refractivity contribution >= 4 is 50.1 Å². The number of nitrogens with zero attached hydrogens (tertiary/aromatic N) is 2. The number of benzene rings is 4. The Kier molecular flexibility index (Phi) is 4.30. The highest BCUT2D eigenvalue weighted by atomic mass is 16.1. The molecule has 0 radical (unpaired) electrons. The molecular formula is C27H19N5O. The monoisotopic (exact) mass is 429 g/mol. The minimum Gasteiger partial charge on any atom is -0.366 e. The van der Waals surface area contributed by atoms with Crippen molar-refractivity contribution in [2.24, 2.45) is 5.73 Å². The van der Waals surface area contributed by atoms with Gasteiger partial charge in [-0.3, -0.25) is 4.79 Å². The molecule has 4 aromatic carbocycles. The van der Waals surface area contributed by atoms with Crippen LogP contribution in [0.15, 0.2) is 91.0 Å². The number of rotatable bonds is 4. The summed E-state index contributed by atoms with van der Waals surface area (Å²) >= 11 is 0. The molecule has 6 heteroatoms.